The van der Waals surface area contributed by atoms with Gasteiger partial charge in [-0.15, -0.1) is 0 Å². The first-order valence-corrected chi connectivity index (χ1v) is 7.33. The number of rotatable bonds is 0. The first-order chi connectivity index (χ1) is 13.5. The van der Waals surface area contributed by atoms with Crippen molar-refractivity contribution in [2.45, 2.75) is 0 Å². The molecule has 29 heavy (non-hydrogen) atoms. The zero-order valence-electron chi connectivity index (χ0n) is 13.2. The molecule has 0 saturated carbocycles. The van der Waals surface area contributed by atoms with Crippen LogP contribution in [0.5, 0.6) is 0 Å². The van der Waals surface area contributed by atoms with Gasteiger partial charge in [-0.05, 0) is 0 Å². The van der Waals surface area contributed by atoms with Crippen molar-refractivity contribution < 1.29 is 48.3 Å². The zero-order chi connectivity index (χ0) is 21.5. The first kappa shape index (κ1) is 19.2. The van der Waals surface area contributed by atoms with Gasteiger partial charge in [-0.1, -0.05) is 0 Å². The van der Waals surface area contributed by atoms with E-state index in [-0.39, 0.29) is 0 Å². The maximum atomic E-state index is 14.6. The van der Waals surface area contributed by atoms with E-state index in [1.807, 2.05) is 0 Å². The molecule has 1 radical (unpaired) electrons. The summed E-state index contributed by atoms with van der Waals surface area (Å²) >= 11 is 0. The van der Waals surface area contributed by atoms with Crippen LogP contribution in [0.4, 0.5) is 48.3 Å². The van der Waals surface area contributed by atoms with Crippen molar-refractivity contribution >= 4 is 32.3 Å². The zero-order valence-corrected chi connectivity index (χ0v) is 13.2. The Morgan fingerprint density at radius 1 is 0.310 bits per heavy atom. The first-order valence-electron chi connectivity index (χ1n) is 7.33. The molecule has 0 aliphatic heterocycles. The van der Waals surface area contributed by atoms with Crippen molar-refractivity contribution in [2.75, 3.05) is 0 Å². The summed E-state index contributed by atoms with van der Waals surface area (Å²) in [5.74, 6) is -26.3. The van der Waals surface area contributed by atoms with E-state index in [1.54, 1.807) is 0 Å². The lowest BCUT2D eigenvalue weighted by atomic mass is 9.93. The normalized spacial score (nSPS) is 12.0. The van der Waals surface area contributed by atoms with Gasteiger partial charge < -0.3 is 0 Å². The highest BCUT2D eigenvalue weighted by Crippen LogP contribution is 2.43. The number of fused-ring (bicyclic) bond motifs is 5. The monoisotopic (exact) mass is 425 g/mol. The predicted molar refractivity (Wildman–Crippen MR) is 77.3 cm³/mol. The lowest BCUT2D eigenvalue weighted by molar-refractivity contribution is 0.415. The molecular weight excluding hydrogens is 425 g/mol. The second-order valence-electron chi connectivity index (χ2n) is 5.83. The van der Waals surface area contributed by atoms with Crippen molar-refractivity contribution in [2.24, 2.45) is 0 Å². The van der Waals surface area contributed by atoms with E-state index in [1.165, 1.54) is 6.07 Å². The van der Waals surface area contributed by atoms with Crippen LogP contribution in [0.1, 0.15) is 0 Å². The Bertz CT molecular complexity index is 1410. The molecular formula is C18F11. The third kappa shape index (κ3) is 2.21. The van der Waals surface area contributed by atoms with Crippen LogP contribution in [-0.2, 0) is 0 Å². The third-order valence-corrected chi connectivity index (χ3v) is 4.37. The summed E-state index contributed by atoms with van der Waals surface area (Å²) < 4.78 is 154. The van der Waals surface area contributed by atoms with Crippen molar-refractivity contribution in [3.05, 3.63) is 70.1 Å². The Morgan fingerprint density at radius 2 is 0.655 bits per heavy atom. The molecule has 0 N–H and O–H groups in total. The summed E-state index contributed by atoms with van der Waals surface area (Å²) in [6.45, 7) is 0. The van der Waals surface area contributed by atoms with Crippen molar-refractivity contribution in [1.82, 2.24) is 0 Å². The molecule has 0 spiro atoms. The van der Waals surface area contributed by atoms with Crippen LogP contribution in [0, 0.1) is 70.1 Å². The molecule has 0 atom stereocenters. The van der Waals surface area contributed by atoms with Gasteiger partial charge in [-0.2, -0.15) is 0 Å². The molecule has 0 aromatic heterocycles. The predicted octanol–water partition coefficient (Wildman–Crippen LogP) is 6.48. The molecule has 4 rings (SSSR count). The molecule has 0 aliphatic carbocycles. The largest absolute Gasteiger partial charge is 0.203 e. The summed E-state index contributed by atoms with van der Waals surface area (Å²) in [7, 11) is 0. The molecule has 149 valence electrons. The molecule has 0 unspecified atom stereocenters. The average Bonchev–Trinajstić information content (AvgIpc) is 2.69. The fraction of sp³-hybridized carbons (Fsp3) is 0. The smallest absolute Gasteiger partial charge is 0.198 e. The van der Waals surface area contributed by atoms with E-state index in [9.17, 15) is 48.3 Å². The van der Waals surface area contributed by atoms with E-state index in [0.29, 0.717) is 0 Å². The molecule has 0 heterocycles. The van der Waals surface area contributed by atoms with Gasteiger partial charge in [0.25, 0.3) is 0 Å². The molecule has 11 heteroatoms. The number of hydrogen-bond donors (Lipinski definition) is 0. The minimum Gasteiger partial charge on any atom is -0.203 e. The Kier molecular flexibility index (Phi) is 3.94. The maximum Gasteiger partial charge on any atom is 0.198 e. The van der Waals surface area contributed by atoms with Crippen LogP contribution in [0.3, 0.4) is 0 Å². The summed E-state index contributed by atoms with van der Waals surface area (Å²) in [4.78, 5) is 0. The topological polar surface area (TPSA) is 0 Å². The molecule has 4 aromatic carbocycles. The molecule has 0 amide bonds. The number of benzene rings is 4. The van der Waals surface area contributed by atoms with Gasteiger partial charge in [0.05, 0.1) is 5.39 Å². The van der Waals surface area contributed by atoms with Crippen LogP contribution in [0.2, 0.25) is 0 Å². The highest BCUT2D eigenvalue weighted by molar-refractivity contribution is 6.18. The minimum atomic E-state index is -2.58. The fourth-order valence-electron chi connectivity index (χ4n) is 3.14. The summed E-state index contributed by atoms with van der Waals surface area (Å²) in [5.41, 5.74) is 0. The highest BCUT2D eigenvalue weighted by Gasteiger charge is 2.32. The average molecular weight is 425 g/mol. The van der Waals surface area contributed by atoms with Gasteiger partial charge in [-0.25, -0.2) is 48.3 Å². The maximum absolute atomic E-state index is 14.6. The Balaban J connectivity index is 2.54. The van der Waals surface area contributed by atoms with E-state index >= 15 is 0 Å². The lowest BCUT2D eigenvalue weighted by Crippen LogP contribution is -2.06. The second-order valence-corrected chi connectivity index (χ2v) is 5.83. The van der Waals surface area contributed by atoms with Crippen LogP contribution in [0.15, 0.2) is 0 Å². The highest BCUT2D eigenvalue weighted by atomic mass is 19.2. The molecule has 0 fully saturated rings. The number of halogens is 11. The van der Waals surface area contributed by atoms with Gasteiger partial charge in [0.15, 0.2) is 64.0 Å². The van der Waals surface area contributed by atoms with Gasteiger partial charge in [0, 0.05) is 33.0 Å². The molecule has 4 aromatic rings. The van der Waals surface area contributed by atoms with E-state index < -0.39 is 96.3 Å². The van der Waals surface area contributed by atoms with E-state index in [0.717, 1.165) is 0 Å². The second kappa shape index (κ2) is 5.94. The van der Waals surface area contributed by atoms with Crippen molar-refractivity contribution in [3.63, 3.8) is 0 Å². The number of hydrogen-bond acceptors (Lipinski definition) is 0. The summed E-state index contributed by atoms with van der Waals surface area (Å²) in [5, 5.41) is -10.3. The van der Waals surface area contributed by atoms with Crippen molar-refractivity contribution in [3.8, 4) is 0 Å². The Morgan fingerprint density at radius 3 is 1.24 bits per heavy atom. The van der Waals surface area contributed by atoms with Crippen LogP contribution in [-0.4, -0.2) is 0 Å². The van der Waals surface area contributed by atoms with Gasteiger partial charge in [0.2, 0.25) is 0 Å². The fourth-order valence-corrected chi connectivity index (χ4v) is 3.14. The molecule has 0 aliphatic rings. The van der Waals surface area contributed by atoms with Crippen LogP contribution in [0.25, 0.3) is 32.3 Å². The van der Waals surface area contributed by atoms with Gasteiger partial charge >= 0.3 is 0 Å². The third-order valence-electron chi connectivity index (χ3n) is 4.37. The SMILES string of the molecule is Fc1[c]c2c(F)c(F)c3c4c(F)c(F)c(F)c(F)c4c(F)c(F)c3c2c(F)c1F. The summed E-state index contributed by atoms with van der Waals surface area (Å²) in [6.07, 6.45) is 0. The van der Waals surface area contributed by atoms with Crippen molar-refractivity contribution in [1.29, 1.82) is 0 Å². The van der Waals surface area contributed by atoms with Gasteiger partial charge in [-0.3, -0.25) is 0 Å². The quantitative estimate of drug-likeness (QED) is 0.131. The molecule has 0 saturated heterocycles. The standard InChI is InChI=1S/C18F11/c19-3-1-2-4(11(22)10(3)21)5-6(12(23)9(2)20)7-8(15(26)13(5)24)16(27)18(29)17(28)14(7)25. The Hall–Kier alpha value is -3.11. The van der Waals surface area contributed by atoms with Crippen LogP contribution >= 0.6 is 0 Å². The van der Waals surface area contributed by atoms with Gasteiger partial charge in [0.1, 0.15) is 0 Å². The van der Waals surface area contributed by atoms with Crippen LogP contribution < -0.4 is 0 Å². The molecule has 0 bridgehead atoms. The Labute approximate surface area is 151 Å². The minimum absolute atomic E-state index is 1.25. The van der Waals surface area contributed by atoms with E-state index in [2.05, 4.69) is 0 Å². The van der Waals surface area contributed by atoms with E-state index in [4.69, 9.17) is 0 Å². The summed E-state index contributed by atoms with van der Waals surface area (Å²) in [6, 6.07) is 1.25. The molecule has 0 nitrogen and oxygen atoms in total. The lowest BCUT2D eigenvalue weighted by Gasteiger charge is -2.15.